The summed E-state index contributed by atoms with van der Waals surface area (Å²) in [5, 5.41) is 3.20. The molecule has 2 aromatic rings. The van der Waals surface area contributed by atoms with E-state index in [0.717, 1.165) is 48.3 Å². The Hall–Kier alpha value is -3.00. The molecule has 32 heavy (non-hydrogen) atoms. The molecule has 2 aliphatic heterocycles. The number of piperidine rings is 1. The molecule has 1 aromatic carbocycles. The van der Waals surface area contributed by atoms with Crippen molar-refractivity contribution in [1.82, 2.24) is 19.8 Å². The molecular formula is C24H31N5O3. The fraction of sp³-hybridized carbons (Fsp3) is 0.500. The molecule has 1 N–H and O–H groups in total. The van der Waals surface area contributed by atoms with Gasteiger partial charge in [0.2, 0.25) is 5.91 Å². The Morgan fingerprint density at radius 1 is 1.16 bits per heavy atom. The van der Waals surface area contributed by atoms with Gasteiger partial charge in [0.25, 0.3) is 5.91 Å². The van der Waals surface area contributed by atoms with E-state index in [2.05, 4.69) is 5.32 Å². The number of fused-ring (bicyclic) bond motifs is 1. The van der Waals surface area contributed by atoms with Crippen LogP contribution in [0, 0.1) is 0 Å². The van der Waals surface area contributed by atoms with Gasteiger partial charge in [-0.05, 0) is 43.4 Å². The first-order valence-corrected chi connectivity index (χ1v) is 11.2. The van der Waals surface area contributed by atoms with Crippen LogP contribution >= 0.6 is 0 Å². The predicted molar refractivity (Wildman–Crippen MR) is 121 cm³/mol. The summed E-state index contributed by atoms with van der Waals surface area (Å²) < 4.78 is 5.17. The van der Waals surface area contributed by atoms with E-state index in [4.69, 9.17) is 14.7 Å². The number of carbonyl (C=O) groups excluding carboxylic acids is 2. The summed E-state index contributed by atoms with van der Waals surface area (Å²) in [4.78, 5) is 38.8. The minimum Gasteiger partial charge on any atom is -0.380 e. The number of rotatable bonds is 5. The first kappa shape index (κ1) is 22.2. The Morgan fingerprint density at radius 2 is 1.94 bits per heavy atom. The van der Waals surface area contributed by atoms with Gasteiger partial charge in [0.15, 0.2) is 5.82 Å². The van der Waals surface area contributed by atoms with Crippen LogP contribution < -0.4 is 5.32 Å². The van der Waals surface area contributed by atoms with Crippen molar-refractivity contribution in [3.8, 4) is 0 Å². The lowest BCUT2D eigenvalue weighted by Crippen LogP contribution is -2.40. The Bertz CT molecular complexity index is 992. The summed E-state index contributed by atoms with van der Waals surface area (Å²) in [6, 6.07) is 7.40. The standard InChI is InChI=1S/C24H31N5O3/c1-16(30)28-13-11-19-20(14-28)26-23(27-22(19)25-2)21-6-4-5-12-29(21)24(31)18-9-7-17(8-10-18)15-32-3/h7-10,21H,4-6,11-15H2,1-3H3,(H,25,26,27). The van der Waals surface area contributed by atoms with Crippen LogP contribution in [0.2, 0.25) is 0 Å². The van der Waals surface area contributed by atoms with E-state index in [1.165, 1.54) is 0 Å². The van der Waals surface area contributed by atoms with Gasteiger partial charge >= 0.3 is 0 Å². The van der Waals surface area contributed by atoms with Gasteiger partial charge < -0.3 is 19.9 Å². The first-order chi connectivity index (χ1) is 15.5. The van der Waals surface area contributed by atoms with Crippen molar-refractivity contribution in [2.24, 2.45) is 0 Å². The summed E-state index contributed by atoms with van der Waals surface area (Å²) >= 11 is 0. The zero-order valence-corrected chi connectivity index (χ0v) is 19.1. The lowest BCUT2D eigenvalue weighted by atomic mass is 9.98. The number of carbonyl (C=O) groups is 2. The number of nitrogens with one attached hydrogen (secondary N) is 1. The van der Waals surface area contributed by atoms with Gasteiger partial charge in [-0.2, -0.15) is 0 Å². The quantitative estimate of drug-likeness (QED) is 0.774. The average Bonchev–Trinajstić information content (AvgIpc) is 2.83. The van der Waals surface area contributed by atoms with E-state index in [9.17, 15) is 9.59 Å². The van der Waals surface area contributed by atoms with Crippen LogP contribution in [0.15, 0.2) is 24.3 Å². The van der Waals surface area contributed by atoms with Gasteiger partial charge in [-0.1, -0.05) is 12.1 Å². The van der Waals surface area contributed by atoms with Gasteiger partial charge in [0, 0.05) is 45.3 Å². The molecule has 1 aromatic heterocycles. The number of hydrogen-bond acceptors (Lipinski definition) is 6. The molecular weight excluding hydrogens is 406 g/mol. The molecule has 1 unspecified atom stereocenters. The Morgan fingerprint density at radius 3 is 2.62 bits per heavy atom. The number of amides is 2. The number of nitrogens with zero attached hydrogens (tertiary/aromatic N) is 4. The van der Waals surface area contributed by atoms with Crippen molar-refractivity contribution in [3.63, 3.8) is 0 Å². The molecule has 8 heteroatoms. The van der Waals surface area contributed by atoms with Crippen LogP contribution in [0.25, 0.3) is 0 Å². The molecule has 0 bridgehead atoms. The number of likely N-dealkylation sites (tertiary alicyclic amines) is 1. The molecule has 2 amide bonds. The normalized spacial score (nSPS) is 18.3. The second-order valence-corrected chi connectivity index (χ2v) is 8.44. The summed E-state index contributed by atoms with van der Waals surface area (Å²) in [5.74, 6) is 1.50. The first-order valence-electron chi connectivity index (χ1n) is 11.2. The van der Waals surface area contributed by atoms with Gasteiger partial charge in [-0.15, -0.1) is 0 Å². The maximum Gasteiger partial charge on any atom is 0.254 e. The highest BCUT2D eigenvalue weighted by molar-refractivity contribution is 5.94. The van der Waals surface area contributed by atoms with Crippen molar-refractivity contribution in [3.05, 3.63) is 52.5 Å². The average molecular weight is 438 g/mol. The third-order valence-corrected chi connectivity index (χ3v) is 6.34. The zero-order valence-electron chi connectivity index (χ0n) is 19.1. The SMILES string of the molecule is CNc1nc(C2CCCCN2C(=O)c2ccc(COC)cc2)nc2c1CCN(C(C)=O)C2. The molecule has 3 heterocycles. The van der Waals surface area contributed by atoms with E-state index in [0.29, 0.717) is 37.6 Å². The number of aromatic nitrogens is 2. The predicted octanol–water partition coefficient (Wildman–Crippen LogP) is 2.94. The Labute approximate surface area is 189 Å². The lowest BCUT2D eigenvalue weighted by molar-refractivity contribution is -0.129. The van der Waals surface area contributed by atoms with Gasteiger partial charge in [-0.3, -0.25) is 9.59 Å². The molecule has 1 fully saturated rings. The second kappa shape index (κ2) is 9.65. The van der Waals surface area contributed by atoms with Gasteiger partial charge in [-0.25, -0.2) is 9.97 Å². The van der Waals surface area contributed by atoms with E-state index >= 15 is 0 Å². The Kier molecular flexibility index (Phi) is 6.69. The van der Waals surface area contributed by atoms with Gasteiger partial charge in [0.05, 0.1) is 24.9 Å². The Balaban J connectivity index is 1.64. The monoisotopic (exact) mass is 437 g/mol. The van der Waals surface area contributed by atoms with E-state index in [1.807, 2.05) is 41.1 Å². The third-order valence-electron chi connectivity index (χ3n) is 6.34. The van der Waals surface area contributed by atoms with Crippen molar-refractivity contribution >= 4 is 17.6 Å². The zero-order chi connectivity index (χ0) is 22.7. The van der Waals surface area contributed by atoms with Crippen LogP contribution in [-0.4, -0.2) is 58.8 Å². The molecule has 2 aliphatic rings. The molecule has 8 nitrogen and oxygen atoms in total. The minimum absolute atomic E-state index is 0.00337. The molecule has 4 rings (SSSR count). The maximum atomic E-state index is 13.4. The second-order valence-electron chi connectivity index (χ2n) is 8.44. The topological polar surface area (TPSA) is 87.7 Å². The maximum absolute atomic E-state index is 13.4. The van der Waals surface area contributed by atoms with Crippen LogP contribution in [0.5, 0.6) is 0 Å². The lowest BCUT2D eigenvalue weighted by Gasteiger charge is -2.36. The van der Waals surface area contributed by atoms with E-state index < -0.39 is 0 Å². The molecule has 0 saturated carbocycles. The van der Waals surface area contributed by atoms with E-state index in [-0.39, 0.29) is 17.9 Å². The highest BCUT2D eigenvalue weighted by Crippen LogP contribution is 2.33. The van der Waals surface area contributed by atoms with Crippen molar-refractivity contribution in [2.75, 3.05) is 32.6 Å². The van der Waals surface area contributed by atoms with Crippen LogP contribution in [0.3, 0.4) is 0 Å². The molecule has 0 aliphatic carbocycles. The number of hydrogen-bond donors (Lipinski definition) is 1. The van der Waals surface area contributed by atoms with Crippen LogP contribution in [0.4, 0.5) is 5.82 Å². The summed E-state index contributed by atoms with van der Waals surface area (Å²) in [5.41, 5.74) is 3.64. The number of anilines is 1. The van der Waals surface area contributed by atoms with E-state index in [1.54, 1.807) is 14.0 Å². The minimum atomic E-state index is -0.181. The van der Waals surface area contributed by atoms with Crippen LogP contribution in [-0.2, 0) is 29.1 Å². The molecule has 0 spiro atoms. The fourth-order valence-electron chi connectivity index (χ4n) is 4.59. The molecule has 0 radical (unpaired) electrons. The smallest absolute Gasteiger partial charge is 0.254 e. The van der Waals surface area contributed by atoms with Crippen LogP contribution in [0.1, 0.15) is 65.2 Å². The molecule has 1 atom stereocenters. The summed E-state index contributed by atoms with van der Waals surface area (Å²) in [6.07, 6.45) is 3.54. The van der Waals surface area contributed by atoms with Crippen molar-refractivity contribution in [2.45, 2.75) is 51.8 Å². The largest absolute Gasteiger partial charge is 0.380 e. The molecule has 1 saturated heterocycles. The highest BCUT2D eigenvalue weighted by Gasteiger charge is 2.33. The summed E-state index contributed by atoms with van der Waals surface area (Å²) in [7, 11) is 3.51. The van der Waals surface area contributed by atoms with Crippen molar-refractivity contribution < 1.29 is 14.3 Å². The number of methoxy groups -OCH3 is 1. The summed E-state index contributed by atoms with van der Waals surface area (Å²) in [6.45, 7) is 3.95. The highest BCUT2D eigenvalue weighted by atomic mass is 16.5. The fourth-order valence-corrected chi connectivity index (χ4v) is 4.59. The number of benzene rings is 1. The van der Waals surface area contributed by atoms with Crippen molar-refractivity contribution in [1.29, 1.82) is 0 Å². The third kappa shape index (κ3) is 4.46. The van der Waals surface area contributed by atoms with Gasteiger partial charge in [0.1, 0.15) is 5.82 Å². The molecule has 170 valence electrons. The number of ether oxygens (including phenoxy) is 1.